The quantitative estimate of drug-likeness (QED) is 0.856. The number of anilines is 1. The van der Waals surface area contributed by atoms with E-state index >= 15 is 0 Å². The Kier molecular flexibility index (Phi) is 3.36. The van der Waals surface area contributed by atoms with Crippen LogP contribution in [-0.4, -0.2) is 28.1 Å². The van der Waals surface area contributed by atoms with Gasteiger partial charge in [-0.25, -0.2) is 0 Å². The monoisotopic (exact) mass is 248 g/mol. The lowest BCUT2D eigenvalue weighted by atomic mass is 10.2. The number of nitrogens with one attached hydrogen (secondary N) is 1. The van der Waals surface area contributed by atoms with Crippen molar-refractivity contribution in [2.24, 2.45) is 0 Å². The second-order valence-corrected chi connectivity index (χ2v) is 4.11. The Morgan fingerprint density at radius 1 is 1.61 bits per heavy atom. The molecular weight excluding hydrogens is 232 g/mol. The molecule has 0 aliphatic rings. The van der Waals surface area contributed by atoms with Gasteiger partial charge < -0.3 is 15.1 Å². The van der Waals surface area contributed by atoms with Gasteiger partial charge in [0, 0.05) is 19.2 Å². The van der Waals surface area contributed by atoms with E-state index in [1.807, 2.05) is 13.0 Å². The van der Waals surface area contributed by atoms with E-state index in [1.54, 1.807) is 24.5 Å². The zero-order valence-electron chi connectivity index (χ0n) is 10.4. The average Bonchev–Trinajstić information content (AvgIpc) is 2.97. The first-order chi connectivity index (χ1) is 8.63. The summed E-state index contributed by atoms with van der Waals surface area (Å²) in [6, 6.07) is 1.81. The SMILES string of the molecule is CCc1[nH]nc(C(=O)N(C)Cc2ccoc2)c1N. The van der Waals surface area contributed by atoms with Gasteiger partial charge in [0.25, 0.3) is 5.91 Å². The van der Waals surface area contributed by atoms with Crippen molar-refractivity contribution in [1.29, 1.82) is 0 Å². The molecular formula is C12H16N4O2. The highest BCUT2D eigenvalue weighted by Gasteiger charge is 2.20. The first kappa shape index (κ1) is 12.2. The Labute approximate surface area is 105 Å². The van der Waals surface area contributed by atoms with Gasteiger partial charge in [-0.15, -0.1) is 0 Å². The second-order valence-electron chi connectivity index (χ2n) is 4.11. The van der Waals surface area contributed by atoms with Gasteiger partial charge in [0.05, 0.1) is 23.9 Å². The molecule has 0 spiro atoms. The molecule has 2 rings (SSSR count). The van der Waals surface area contributed by atoms with Crippen LogP contribution in [0, 0.1) is 0 Å². The zero-order chi connectivity index (χ0) is 13.1. The summed E-state index contributed by atoms with van der Waals surface area (Å²) >= 11 is 0. The summed E-state index contributed by atoms with van der Waals surface area (Å²) < 4.78 is 4.96. The minimum absolute atomic E-state index is 0.204. The maximum Gasteiger partial charge on any atom is 0.276 e. The topological polar surface area (TPSA) is 88.2 Å². The first-order valence-corrected chi connectivity index (χ1v) is 5.72. The number of H-pyrrole nitrogens is 1. The van der Waals surface area contributed by atoms with Crippen molar-refractivity contribution in [3.05, 3.63) is 35.5 Å². The summed E-state index contributed by atoms with van der Waals surface area (Å²) in [5.74, 6) is -0.204. The molecule has 0 aliphatic carbocycles. The molecule has 0 atom stereocenters. The van der Waals surface area contributed by atoms with E-state index in [2.05, 4.69) is 10.2 Å². The van der Waals surface area contributed by atoms with Crippen LogP contribution in [0.25, 0.3) is 0 Å². The summed E-state index contributed by atoms with van der Waals surface area (Å²) in [7, 11) is 1.70. The molecule has 6 nitrogen and oxygen atoms in total. The maximum absolute atomic E-state index is 12.2. The number of aryl methyl sites for hydroxylation is 1. The largest absolute Gasteiger partial charge is 0.472 e. The molecule has 0 fully saturated rings. The van der Waals surface area contributed by atoms with Gasteiger partial charge in [0.2, 0.25) is 0 Å². The number of aromatic nitrogens is 2. The summed E-state index contributed by atoms with van der Waals surface area (Å²) in [4.78, 5) is 13.7. The van der Waals surface area contributed by atoms with Crippen LogP contribution in [-0.2, 0) is 13.0 Å². The van der Waals surface area contributed by atoms with Crippen molar-refractivity contribution in [3.63, 3.8) is 0 Å². The number of nitrogens with two attached hydrogens (primary N) is 1. The van der Waals surface area contributed by atoms with Crippen LogP contribution in [0.3, 0.4) is 0 Å². The normalized spacial score (nSPS) is 10.6. The second kappa shape index (κ2) is 4.95. The molecule has 2 heterocycles. The van der Waals surface area contributed by atoms with E-state index in [9.17, 15) is 4.79 Å². The van der Waals surface area contributed by atoms with E-state index in [1.165, 1.54) is 0 Å². The number of furan rings is 1. The molecule has 0 unspecified atom stereocenters. The number of rotatable bonds is 4. The van der Waals surface area contributed by atoms with Gasteiger partial charge in [-0.05, 0) is 12.5 Å². The molecule has 0 saturated carbocycles. The number of aromatic amines is 1. The van der Waals surface area contributed by atoms with E-state index in [0.717, 1.165) is 17.7 Å². The fourth-order valence-corrected chi connectivity index (χ4v) is 1.73. The molecule has 1 amide bonds. The van der Waals surface area contributed by atoms with Crippen molar-refractivity contribution < 1.29 is 9.21 Å². The molecule has 2 aromatic heterocycles. The van der Waals surface area contributed by atoms with Crippen molar-refractivity contribution in [1.82, 2.24) is 15.1 Å². The lowest BCUT2D eigenvalue weighted by Gasteiger charge is -2.14. The molecule has 0 aliphatic heterocycles. The Hall–Kier alpha value is -2.24. The van der Waals surface area contributed by atoms with Crippen molar-refractivity contribution >= 4 is 11.6 Å². The van der Waals surface area contributed by atoms with E-state index < -0.39 is 0 Å². The highest BCUT2D eigenvalue weighted by Crippen LogP contribution is 2.17. The van der Waals surface area contributed by atoms with Gasteiger partial charge in [-0.1, -0.05) is 6.92 Å². The molecule has 0 aromatic carbocycles. The van der Waals surface area contributed by atoms with Crippen LogP contribution >= 0.6 is 0 Å². The summed E-state index contributed by atoms with van der Waals surface area (Å²) in [6.07, 6.45) is 3.90. The van der Waals surface area contributed by atoms with Gasteiger partial charge in [-0.2, -0.15) is 5.10 Å². The first-order valence-electron chi connectivity index (χ1n) is 5.72. The van der Waals surface area contributed by atoms with Gasteiger partial charge in [0.1, 0.15) is 0 Å². The Morgan fingerprint density at radius 3 is 2.94 bits per heavy atom. The number of nitrogens with zero attached hydrogens (tertiary/aromatic N) is 2. The molecule has 0 radical (unpaired) electrons. The predicted molar refractivity (Wildman–Crippen MR) is 66.9 cm³/mol. The lowest BCUT2D eigenvalue weighted by molar-refractivity contribution is 0.0780. The number of hydrogen-bond donors (Lipinski definition) is 2. The van der Waals surface area contributed by atoms with Crippen LogP contribution in [0.4, 0.5) is 5.69 Å². The molecule has 2 aromatic rings. The number of carbonyl (C=O) groups is 1. The van der Waals surface area contributed by atoms with Crippen LogP contribution in [0.5, 0.6) is 0 Å². The Balaban J connectivity index is 2.13. The highest BCUT2D eigenvalue weighted by molar-refractivity contribution is 5.97. The van der Waals surface area contributed by atoms with E-state index in [-0.39, 0.29) is 11.6 Å². The molecule has 6 heteroatoms. The van der Waals surface area contributed by atoms with E-state index in [4.69, 9.17) is 10.2 Å². The summed E-state index contributed by atoms with van der Waals surface area (Å²) in [6.45, 7) is 2.41. The lowest BCUT2D eigenvalue weighted by Crippen LogP contribution is -2.27. The molecule has 0 bridgehead atoms. The van der Waals surface area contributed by atoms with Gasteiger partial charge in [0.15, 0.2) is 5.69 Å². The third kappa shape index (κ3) is 2.22. The van der Waals surface area contributed by atoms with Crippen molar-refractivity contribution in [2.75, 3.05) is 12.8 Å². The molecule has 3 N–H and O–H groups in total. The Bertz CT molecular complexity index is 530. The van der Waals surface area contributed by atoms with Crippen LogP contribution in [0.15, 0.2) is 23.0 Å². The minimum atomic E-state index is -0.204. The van der Waals surface area contributed by atoms with Crippen molar-refractivity contribution in [2.45, 2.75) is 19.9 Å². The van der Waals surface area contributed by atoms with Crippen LogP contribution in [0.1, 0.15) is 28.7 Å². The third-order valence-electron chi connectivity index (χ3n) is 2.79. The number of amides is 1. The highest BCUT2D eigenvalue weighted by atomic mass is 16.3. The fraction of sp³-hybridized carbons (Fsp3) is 0.333. The smallest absolute Gasteiger partial charge is 0.276 e. The van der Waals surface area contributed by atoms with E-state index in [0.29, 0.717) is 12.2 Å². The zero-order valence-corrected chi connectivity index (χ0v) is 10.4. The third-order valence-corrected chi connectivity index (χ3v) is 2.79. The fourth-order valence-electron chi connectivity index (χ4n) is 1.73. The van der Waals surface area contributed by atoms with Gasteiger partial charge >= 0.3 is 0 Å². The average molecular weight is 248 g/mol. The Morgan fingerprint density at radius 2 is 2.39 bits per heavy atom. The molecule has 18 heavy (non-hydrogen) atoms. The molecule has 96 valence electrons. The van der Waals surface area contributed by atoms with Gasteiger partial charge in [-0.3, -0.25) is 9.89 Å². The predicted octanol–water partition coefficient (Wildman–Crippen LogP) is 1.42. The number of nitrogen functional groups attached to an aromatic ring is 1. The standard InChI is InChI=1S/C12H16N4O2/c1-3-9-10(13)11(15-14-9)12(17)16(2)6-8-4-5-18-7-8/h4-5,7H,3,6,13H2,1-2H3,(H,14,15). The summed E-state index contributed by atoms with van der Waals surface area (Å²) in [5.41, 5.74) is 8.29. The van der Waals surface area contributed by atoms with Crippen LogP contribution < -0.4 is 5.73 Å². The minimum Gasteiger partial charge on any atom is -0.472 e. The number of carbonyl (C=O) groups excluding carboxylic acids is 1. The molecule has 0 saturated heterocycles. The summed E-state index contributed by atoms with van der Waals surface area (Å²) in [5, 5.41) is 6.75. The number of hydrogen-bond acceptors (Lipinski definition) is 4. The maximum atomic E-state index is 12.2. The van der Waals surface area contributed by atoms with Crippen molar-refractivity contribution in [3.8, 4) is 0 Å². The van der Waals surface area contributed by atoms with Crippen LogP contribution in [0.2, 0.25) is 0 Å².